The SMILES string of the molecule is O=C(OCc1ccccc1)N1CCC2(CC1)OCc1cc(-c3ccc(C(F)(F)F)cc3)ccc1O2. The van der Waals surface area contributed by atoms with Gasteiger partial charge in [0.05, 0.1) is 12.2 Å². The third-order valence-electron chi connectivity index (χ3n) is 6.38. The summed E-state index contributed by atoms with van der Waals surface area (Å²) in [6, 6.07) is 20.1. The Bertz CT molecular complexity index is 1190. The summed E-state index contributed by atoms with van der Waals surface area (Å²) in [6.07, 6.45) is -3.71. The molecule has 2 heterocycles. The lowest BCUT2D eigenvalue weighted by Gasteiger charge is -2.43. The van der Waals surface area contributed by atoms with Gasteiger partial charge in [0.25, 0.3) is 0 Å². The lowest BCUT2D eigenvalue weighted by molar-refractivity contribution is -0.226. The molecule has 0 saturated carbocycles. The summed E-state index contributed by atoms with van der Waals surface area (Å²) in [5.41, 5.74) is 2.56. The molecule has 1 amide bonds. The Morgan fingerprint density at radius 3 is 2.31 bits per heavy atom. The Hall–Kier alpha value is -3.52. The lowest BCUT2D eigenvalue weighted by Crippen LogP contribution is -2.52. The first-order chi connectivity index (χ1) is 16.8. The monoisotopic (exact) mass is 483 g/mol. The number of amides is 1. The highest BCUT2D eigenvalue weighted by atomic mass is 19.4. The normalized spacial score (nSPS) is 16.9. The molecular weight excluding hydrogens is 459 g/mol. The first-order valence-electron chi connectivity index (χ1n) is 11.4. The van der Waals surface area contributed by atoms with Gasteiger partial charge in [-0.2, -0.15) is 13.2 Å². The van der Waals surface area contributed by atoms with Crippen LogP contribution in [0, 0.1) is 0 Å². The number of benzene rings is 3. The van der Waals surface area contributed by atoms with Crippen LogP contribution in [0.5, 0.6) is 5.75 Å². The number of fused-ring (bicyclic) bond motifs is 1. The molecule has 3 aromatic carbocycles. The topological polar surface area (TPSA) is 48.0 Å². The van der Waals surface area contributed by atoms with Crippen molar-refractivity contribution in [2.75, 3.05) is 13.1 Å². The fourth-order valence-corrected chi connectivity index (χ4v) is 4.35. The number of rotatable bonds is 3. The summed E-state index contributed by atoms with van der Waals surface area (Å²) in [6.45, 7) is 1.45. The van der Waals surface area contributed by atoms with E-state index in [1.165, 1.54) is 12.1 Å². The van der Waals surface area contributed by atoms with Crippen LogP contribution >= 0.6 is 0 Å². The van der Waals surface area contributed by atoms with Crippen molar-refractivity contribution in [1.29, 1.82) is 0 Å². The highest BCUT2D eigenvalue weighted by Crippen LogP contribution is 2.39. The van der Waals surface area contributed by atoms with E-state index in [-0.39, 0.29) is 12.7 Å². The van der Waals surface area contributed by atoms with E-state index in [4.69, 9.17) is 14.2 Å². The maximum absolute atomic E-state index is 12.8. The van der Waals surface area contributed by atoms with Crippen molar-refractivity contribution in [3.05, 3.63) is 89.5 Å². The van der Waals surface area contributed by atoms with E-state index in [1.54, 1.807) is 4.90 Å². The van der Waals surface area contributed by atoms with Gasteiger partial charge in [-0.25, -0.2) is 4.79 Å². The largest absolute Gasteiger partial charge is 0.462 e. The minimum absolute atomic E-state index is 0.225. The Labute approximate surface area is 201 Å². The van der Waals surface area contributed by atoms with E-state index >= 15 is 0 Å². The minimum atomic E-state index is -4.36. The molecule has 1 spiro atoms. The van der Waals surface area contributed by atoms with Gasteiger partial charge in [-0.1, -0.05) is 48.5 Å². The van der Waals surface area contributed by atoms with Gasteiger partial charge in [-0.3, -0.25) is 0 Å². The van der Waals surface area contributed by atoms with Crippen molar-refractivity contribution >= 4 is 6.09 Å². The summed E-state index contributed by atoms with van der Waals surface area (Å²) in [7, 11) is 0. The number of carbonyl (C=O) groups is 1. The number of carbonyl (C=O) groups excluding carboxylic acids is 1. The molecule has 5 rings (SSSR count). The van der Waals surface area contributed by atoms with Crippen LogP contribution in [0.15, 0.2) is 72.8 Å². The van der Waals surface area contributed by atoms with Gasteiger partial charge >= 0.3 is 12.3 Å². The zero-order chi connectivity index (χ0) is 24.5. The number of hydrogen-bond donors (Lipinski definition) is 0. The Morgan fingerprint density at radius 1 is 0.943 bits per heavy atom. The number of alkyl halides is 3. The van der Waals surface area contributed by atoms with Gasteiger partial charge in [0, 0.05) is 31.5 Å². The second-order valence-electron chi connectivity index (χ2n) is 8.73. The van der Waals surface area contributed by atoms with Crippen LogP contribution in [0.1, 0.15) is 29.5 Å². The summed E-state index contributed by atoms with van der Waals surface area (Å²) in [5.74, 6) is -0.119. The third-order valence-corrected chi connectivity index (χ3v) is 6.38. The molecule has 0 atom stereocenters. The Balaban J connectivity index is 1.19. The van der Waals surface area contributed by atoms with Crippen molar-refractivity contribution in [3.63, 3.8) is 0 Å². The van der Waals surface area contributed by atoms with Crippen LogP contribution in [0.25, 0.3) is 11.1 Å². The van der Waals surface area contributed by atoms with E-state index in [0.29, 0.717) is 43.9 Å². The second kappa shape index (κ2) is 9.26. The van der Waals surface area contributed by atoms with Gasteiger partial charge in [0.1, 0.15) is 12.4 Å². The van der Waals surface area contributed by atoms with E-state index in [2.05, 4.69) is 0 Å². The van der Waals surface area contributed by atoms with Crippen LogP contribution < -0.4 is 4.74 Å². The predicted octanol–water partition coefficient (Wildman–Crippen LogP) is 6.41. The minimum Gasteiger partial charge on any atom is -0.462 e. The van der Waals surface area contributed by atoms with Crippen molar-refractivity contribution in [2.24, 2.45) is 0 Å². The number of halogens is 3. The average Bonchev–Trinajstić information content (AvgIpc) is 2.88. The van der Waals surface area contributed by atoms with Gasteiger partial charge in [-0.05, 0) is 41.0 Å². The first kappa shape index (κ1) is 23.2. The number of piperidine rings is 1. The van der Waals surface area contributed by atoms with E-state index in [1.807, 2.05) is 48.5 Å². The molecule has 0 N–H and O–H groups in total. The molecule has 0 unspecified atom stereocenters. The fraction of sp³-hybridized carbons (Fsp3) is 0.296. The maximum atomic E-state index is 12.8. The quantitative estimate of drug-likeness (QED) is 0.432. The predicted molar refractivity (Wildman–Crippen MR) is 122 cm³/mol. The number of nitrogens with zero attached hydrogens (tertiary/aromatic N) is 1. The molecule has 0 aliphatic carbocycles. The molecule has 1 fully saturated rings. The molecule has 3 aromatic rings. The molecule has 8 heteroatoms. The molecule has 2 aliphatic rings. The summed E-state index contributed by atoms with van der Waals surface area (Å²) in [4.78, 5) is 14.1. The van der Waals surface area contributed by atoms with Crippen molar-refractivity contribution in [1.82, 2.24) is 4.90 Å². The molecule has 182 valence electrons. The van der Waals surface area contributed by atoms with Crippen LogP contribution in [0.2, 0.25) is 0 Å². The van der Waals surface area contributed by atoms with Gasteiger partial charge in [0.2, 0.25) is 5.79 Å². The highest BCUT2D eigenvalue weighted by molar-refractivity contribution is 5.68. The number of likely N-dealkylation sites (tertiary alicyclic amines) is 1. The van der Waals surface area contributed by atoms with E-state index in [0.717, 1.165) is 28.8 Å². The maximum Gasteiger partial charge on any atom is 0.416 e. The zero-order valence-electron chi connectivity index (χ0n) is 18.9. The molecule has 5 nitrogen and oxygen atoms in total. The van der Waals surface area contributed by atoms with Crippen LogP contribution in [0.4, 0.5) is 18.0 Å². The highest BCUT2D eigenvalue weighted by Gasteiger charge is 2.42. The molecule has 35 heavy (non-hydrogen) atoms. The van der Waals surface area contributed by atoms with Crippen molar-refractivity contribution < 1.29 is 32.2 Å². The van der Waals surface area contributed by atoms with Crippen LogP contribution in [-0.2, 0) is 28.9 Å². The third kappa shape index (κ3) is 5.12. The molecule has 2 aliphatic heterocycles. The molecule has 0 radical (unpaired) electrons. The van der Waals surface area contributed by atoms with Gasteiger partial charge in [-0.15, -0.1) is 0 Å². The molecule has 0 bridgehead atoms. The van der Waals surface area contributed by atoms with Crippen LogP contribution in [-0.4, -0.2) is 29.9 Å². The Kier molecular flexibility index (Phi) is 6.15. The molecule has 1 saturated heterocycles. The molecule has 0 aromatic heterocycles. The summed E-state index contributed by atoms with van der Waals surface area (Å²) >= 11 is 0. The van der Waals surface area contributed by atoms with E-state index < -0.39 is 17.5 Å². The second-order valence-corrected chi connectivity index (χ2v) is 8.73. The van der Waals surface area contributed by atoms with Gasteiger partial charge in [0.15, 0.2) is 0 Å². The average molecular weight is 483 g/mol. The standard InChI is InChI=1S/C27H24F3NO4/c28-27(29,30)23-9-6-20(7-10-23)21-8-11-24-22(16-21)18-34-26(35-24)12-14-31(15-13-26)25(32)33-17-19-4-2-1-3-5-19/h1-11,16H,12-15,17-18H2. The van der Waals surface area contributed by atoms with E-state index in [9.17, 15) is 18.0 Å². The van der Waals surface area contributed by atoms with Crippen molar-refractivity contribution in [3.8, 4) is 16.9 Å². The van der Waals surface area contributed by atoms with Crippen LogP contribution in [0.3, 0.4) is 0 Å². The first-order valence-corrected chi connectivity index (χ1v) is 11.4. The smallest absolute Gasteiger partial charge is 0.416 e. The summed E-state index contributed by atoms with van der Waals surface area (Å²) in [5, 5.41) is 0. The van der Waals surface area contributed by atoms with Gasteiger partial charge < -0.3 is 19.1 Å². The summed E-state index contributed by atoms with van der Waals surface area (Å²) < 4.78 is 56.3. The number of ether oxygens (including phenoxy) is 3. The zero-order valence-corrected chi connectivity index (χ0v) is 18.9. The Morgan fingerprint density at radius 2 is 1.63 bits per heavy atom. The fourth-order valence-electron chi connectivity index (χ4n) is 4.35. The number of hydrogen-bond acceptors (Lipinski definition) is 4. The lowest BCUT2D eigenvalue weighted by atomic mass is 9.98. The molecular formula is C27H24F3NO4. The van der Waals surface area contributed by atoms with Crippen molar-refractivity contribution in [2.45, 2.75) is 38.0 Å².